The van der Waals surface area contributed by atoms with Gasteiger partial charge in [0.1, 0.15) is 12.4 Å². The standard InChI is InChI=1S/C23H31NO4/c1-3-13-27-19-6-4-5-18(14-19)22(25)24-12-11-23(26-2)10-9-20(15-21(23)24)28-16-17-7-8-17/h3-6,14,17,20-21H,1,7-13,15-16H2,2H3/t20-,21-,23+/m0/s1. The molecule has 1 amide bonds. The minimum Gasteiger partial charge on any atom is -0.490 e. The number of carbonyl (C=O) groups excluding carboxylic acids is 1. The molecule has 1 aromatic rings. The Morgan fingerprint density at radius 2 is 2.18 bits per heavy atom. The molecule has 3 aliphatic rings. The van der Waals surface area contributed by atoms with Crippen LogP contribution in [0.2, 0.25) is 0 Å². The number of methoxy groups -OCH3 is 1. The number of carbonyl (C=O) groups is 1. The Labute approximate surface area is 167 Å². The summed E-state index contributed by atoms with van der Waals surface area (Å²) < 4.78 is 17.8. The Morgan fingerprint density at radius 1 is 1.32 bits per heavy atom. The summed E-state index contributed by atoms with van der Waals surface area (Å²) in [5.41, 5.74) is 0.431. The number of rotatable bonds is 8. The van der Waals surface area contributed by atoms with Crippen molar-refractivity contribution in [2.24, 2.45) is 5.92 Å². The predicted molar refractivity (Wildman–Crippen MR) is 108 cm³/mol. The molecule has 1 aliphatic heterocycles. The van der Waals surface area contributed by atoms with Crippen LogP contribution in [-0.4, -0.2) is 55.4 Å². The van der Waals surface area contributed by atoms with Gasteiger partial charge in [0, 0.05) is 25.8 Å². The molecule has 4 rings (SSSR count). The number of benzene rings is 1. The zero-order valence-corrected chi connectivity index (χ0v) is 16.8. The van der Waals surface area contributed by atoms with Crippen LogP contribution in [0.15, 0.2) is 36.9 Å². The molecule has 1 aromatic carbocycles. The van der Waals surface area contributed by atoms with Gasteiger partial charge in [-0.2, -0.15) is 0 Å². The van der Waals surface area contributed by atoms with Crippen molar-refractivity contribution < 1.29 is 19.0 Å². The molecule has 0 N–H and O–H groups in total. The molecule has 5 heteroatoms. The average molecular weight is 386 g/mol. The first-order valence-corrected chi connectivity index (χ1v) is 10.5. The van der Waals surface area contributed by atoms with E-state index in [0.717, 1.165) is 44.8 Å². The van der Waals surface area contributed by atoms with Crippen LogP contribution in [0.1, 0.15) is 48.9 Å². The highest BCUT2D eigenvalue weighted by Gasteiger charge is 2.52. The smallest absolute Gasteiger partial charge is 0.254 e. The van der Waals surface area contributed by atoms with Gasteiger partial charge in [0.25, 0.3) is 5.91 Å². The molecule has 0 aromatic heterocycles. The van der Waals surface area contributed by atoms with Crippen LogP contribution in [-0.2, 0) is 9.47 Å². The maximum atomic E-state index is 13.3. The molecule has 1 saturated heterocycles. The summed E-state index contributed by atoms with van der Waals surface area (Å²) in [5, 5.41) is 0. The highest BCUT2D eigenvalue weighted by molar-refractivity contribution is 5.95. The van der Waals surface area contributed by atoms with Crippen molar-refractivity contribution in [1.82, 2.24) is 4.90 Å². The molecule has 152 valence electrons. The lowest BCUT2D eigenvalue weighted by Gasteiger charge is -2.43. The molecule has 0 bridgehead atoms. The van der Waals surface area contributed by atoms with E-state index in [1.807, 2.05) is 29.2 Å². The highest BCUT2D eigenvalue weighted by atomic mass is 16.5. The Bertz CT molecular complexity index is 716. The normalized spacial score (nSPS) is 29.4. The zero-order valence-electron chi connectivity index (χ0n) is 16.8. The summed E-state index contributed by atoms with van der Waals surface area (Å²) in [4.78, 5) is 15.3. The number of hydrogen-bond donors (Lipinski definition) is 0. The topological polar surface area (TPSA) is 48.0 Å². The van der Waals surface area contributed by atoms with E-state index < -0.39 is 0 Å². The SMILES string of the molecule is C=CCOc1cccc(C(=O)N2CC[C@]3(OC)CC[C@H](OCC4CC4)C[C@H]23)c1. The van der Waals surface area contributed by atoms with Gasteiger partial charge in [0.05, 0.1) is 17.7 Å². The molecule has 3 atom stereocenters. The van der Waals surface area contributed by atoms with Crippen molar-refractivity contribution >= 4 is 5.91 Å². The van der Waals surface area contributed by atoms with E-state index in [2.05, 4.69) is 6.58 Å². The predicted octanol–water partition coefficient (Wildman–Crippen LogP) is 3.83. The third-order valence-electron chi connectivity index (χ3n) is 6.52. The van der Waals surface area contributed by atoms with Crippen molar-refractivity contribution in [2.75, 3.05) is 26.9 Å². The second-order valence-electron chi connectivity index (χ2n) is 8.33. The summed E-state index contributed by atoms with van der Waals surface area (Å²) in [5.74, 6) is 1.50. The number of likely N-dealkylation sites (tertiary alicyclic amines) is 1. The Hall–Kier alpha value is -1.85. The van der Waals surface area contributed by atoms with E-state index in [1.54, 1.807) is 13.2 Å². The fraction of sp³-hybridized carbons (Fsp3) is 0.609. The Morgan fingerprint density at radius 3 is 2.93 bits per heavy atom. The lowest BCUT2D eigenvalue weighted by Crippen LogP contribution is -2.53. The Kier molecular flexibility index (Phi) is 5.74. The van der Waals surface area contributed by atoms with Crippen molar-refractivity contribution in [3.63, 3.8) is 0 Å². The molecule has 0 radical (unpaired) electrons. The summed E-state index contributed by atoms with van der Waals surface area (Å²) in [6.45, 7) is 5.69. The summed E-state index contributed by atoms with van der Waals surface area (Å²) in [7, 11) is 1.79. The van der Waals surface area contributed by atoms with Gasteiger partial charge < -0.3 is 19.1 Å². The number of ether oxygens (including phenoxy) is 3. The van der Waals surface area contributed by atoms with Crippen LogP contribution >= 0.6 is 0 Å². The van der Waals surface area contributed by atoms with Gasteiger partial charge in [0.15, 0.2) is 0 Å². The molecule has 2 aliphatic carbocycles. The monoisotopic (exact) mass is 385 g/mol. The van der Waals surface area contributed by atoms with E-state index in [4.69, 9.17) is 14.2 Å². The number of hydrogen-bond acceptors (Lipinski definition) is 4. The van der Waals surface area contributed by atoms with Crippen LogP contribution in [0.5, 0.6) is 5.75 Å². The lowest BCUT2D eigenvalue weighted by atomic mass is 9.79. The van der Waals surface area contributed by atoms with Crippen LogP contribution in [0.3, 0.4) is 0 Å². The molecular weight excluding hydrogens is 354 g/mol. The van der Waals surface area contributed by atoms with E-state index in [-0.39, 0.29) is 23.7 Å². The van der Waals surface area contributed by atoms with Gasteiger partial charge in [-0.15, -0.1) is 0 Å². The van der Waals surface area contributed by atoms with Gasteiger partial charge in [0.2, 0.25) is 0 Å². The first kappa shape index (κ1) is 19.5. The van der Waals surface area contributed by atoms with E-state index in [0.29, 0.717) is 17.9 Å². The zero-order chi connectivity index (χ0) is 19.6. The van der Waals surface area contributed by atoms with Gasteiger partial charge >= 0.3 is 0 Å². The van der Waals surface area contributed by atoms with Crippen LogP contribution in [0.25, 0.3) is 0 Å². The maximum absolute atomic E-state index is 13.3. The van der Waals surface area contributed by atoms with Crippen molar-refractivity contribution in [1.29, 1.82) is 0 Å². The van der Waals surface area contributed by atoms with Gasteiger partial charge in [-0.3, -0.25) is 4.79 Å². The number of nitrogens with zero attached hydrogens (tertiary/aromatic N) is 1. The summed E-state index contributed by atoms with van der Waals surface area (Å²) >= 11 is 0. The molecule has 5 nitrogen and oxygen atoms in total. The van der Waals surface area contributed by atoms with Gasteiger partial charge in [-0.1, -0.05) is 18.7 Å². The highest BCUT2D eigenvalue weighted by Crippen LogP contribution is 2.44. The van der Waals surface area contributed by atoms with E-state index in [1.165, 1.54) is 12.8 Å². The fourth-order valence-corrected chi connectivity index (χ4v) is 4.65. The second-order valence-corrected chi connectivity index (χ2v) is 8.33. The quantitative estimate of drug-likeness (QED) is 0.638. The fourth-order valence-electron chi connectivity index (χ4n) is 4.65. The average Bonchev–Trinajstić information content (AvgIpc) is 3.49. The molecule has 3 fully saturated rings. The van der Waals surface area contributed by atoms with E-state index >= 15 is 0 Å². The largest absolute Gasteiger partial charge is 0.490 e. The molecule has 2 saturated carbocycles. The lowest BCUT2D eigenvalue weighted by molar-refractivity contribution is -0.0977. The second kappa shape index (κ2) is 8.26. The molecule has 28 heavy (non-hydrogen) atoms. The minimum atomic E-state index is -0.230. The number of amides is 1. The molecule has 1 heterocycles. The van der Waals surface area contributed by atoms with Gasteiger partial charge in [-0.25, -0.2) is 0 Å². The third kappa shape index (κ3) is 3.96. The van der Waals surface area contributed by atoms with Crippen molar-refractivity contribution in [3.05, 3.63) is 42.5 Å². The van der Waals surface area contributed by atoms with Crippen LogP contribution in [0.4, 0.5) is 0 Å². The van der Waals surface area contributed by atoms with Gasteiger partial charge in [-0.05, 0) is 62.6 Å². The van der Waals surface area contributed by atoms with Crippen LogP contribution in [0, 0.1) is 5.92 Å². The third-order valence-corrected chi connectivity index (χ3v) is 6.52. The van der Waals surface area contributed by atoms with Crippen molar-refractivity contribution in [3.8, 4) is 5.75 Å². The van der Waals surface area contributed by atoms with E-state index in [9.17, 15) is 4.79 Å². The number of fused-ring (bicyclic) bond motifs is 1. The summed E-state index contributed by atoms with van der Waals surface area (Å²) in [6, 6.07) is 7.49. The molecule has 0 spiro atoms. The Balaban J connectivity index is 1.48. The molecular formula is C23H31NO4. The summed E-state index contributed by atoms with van der Waals surface area (Å²) in [6.07, 6.45) is 8.25. The van der Waals surface area contributed by atoms with Crippen LogP contribution < -0.4 is 4.74 Å². The molecule has 0 unspecified atom stereocenters. The first-order valence-electron chi connectivity index (χ1n) is 10.5. The minimum absolute atomic E-state index is 0.0517. The maximum Gasteiger partial charge on any atom is 0.254 e. The van der Waals surface area contributed by atoms with Crippen molar-refractivity contribution in [2.45, 2.75) is 56.3 Å². The first-order chi connectivity index (χ1) is 13.6.